The Morgan fingerprint density at radius 1 is 1.14 bits per heavy atom. The van der Waals surface area contributed by atoms with Crippen LogP contribution in [0.3, 0.4) is 0 Å². The van der Waals surface area contributed by atoms with Gasteiger partial charge in [0.2, 0.25) is 0 Å². The summed E-state index contributed by atoms with van der Waals surface area (Å²) in [5.41, 5.74) is 0.515. The molecule has 0 aromatic heterocycles. The molecule has 2 rings (SSSR count). The van der Waals surface area contributed by atoms with Crippen molar-refractivity contribution in [3.8, 4) is 0 Å². The van der Waals surface area contributed by atoms with Crippen molar-refractivity contribution in [2.45, 2.75) is 20.0 Å². The van der Waals surface area contributed by atoms with Gasteiger partial charge >= 0.3 is 6.18 Å². The SMILES string of the molecule is CC(O)=C(C=NC(=S)Nc1cccc(C(F)(F)F)c1)C(=O)Nc1ccccc1C. The van der Waals surface area contributed by atoms with Crippen LogP contribution in [0.2, 0.25) is 0 Å². The molecule has 0 saturated heterocycles. The summed E-state index contributed by atoms with van der Waals surface area (Å²) < 4.78 is 38.3. The smallest absolute Gasteiger partial charge is 0.416 e. The zero-order valence-electron chi connectivity index (χ0n) is 15.5. The van der Waals surface area contributed by atoms with Crippen LogP contribution in [-0.4, -0.2) is 22.3 Å². The number of nitrogens with one attached hydrogen (secondary N) is 2. The molecule has 3 N–H and O–H groups in total. The van der Waals surface area contributed by atoms with E-state index in [1.165, 1.54) is 19.1 Å². The average Bonchev–Trinajstić information content (AvgIpc) is 2.63. The molecule has 2 aromatic carbocycles. The van der Waals surface area contributed by atoms with Crippen molar-refractivity contribution in [2.24, 2.45) is 4.99 Å². The normalized spacial score (nSPS) is 12.4. The summed E-state index contributed by atoms with van der Waals surface area (Å²) in [5.74, 6) is -0.897. The lowest BCUT2D eigenvalue weighted by Crippen LogP contribution is -2.18. The topological polar surface area (TPSA) is 73.7 Å². The van der Waals surface area contributed by atoms with Crippen LogP contribution in [0.4, 0.5) is 24.5 Å². The molecule has 152 valence electrons. The molecule has 0 unspecified atom stereocenters. The van der Waals surface area contributed by atoms with Gasteiger partial charge in [0.15, 0.2) is 5.11 Å². The second-order valence-electron chi connectivity index (χ2n) is 6.04. The van der Waals surface area contributed by atoms with E-state index in [1.807, 2.05) is 19.1 Å². The number of thiocarbonyl (C=S) groups is 1. The van der Waals surface area contributed by atoms with Crippen molar-refractivity contribution in [2.75, 3.05) is 10.6 Å². The van der Waals surface area contributed by atoms with Crippen molar-refractivity contribution in [3.63, 3.8) is 0 Å². The molecule has 0 radical (unpaired) electrons. The van der Waals surface area contributed by atoms with Gasteiger partial charge in [-0.3, -0.25) is 4.79 Å². The van der Waals surface area contributed by atoms with Gasteiger partial charge < -0.3 is 15.7 Å². The van der Waals surface area contributed by atoms with Gasteiger partial charge in [-0.1, -0.05) is 24.3 Å². The Balaban J connectivity index is 2.11. The Bertz CT molecular complexity index is 981. The molecule has 2 aromatic rings. The number of halogens is 3. The van der Waals surface area contributed by atoms with Gasteiger partial charge in [0.1, 0.15) is 5.76 Å². The molecule has 0 bridgehead atoms. The van der Waals surface area contributed by atoms with Crippen molar-refractivity contribution in [3.05, 3.63) is 71.0 Å². The van der Waals surface area contributed by atoms with Crippen LogP contribution in [0.1, 0.15) is 18.1 Å². The summed E-state index contributed by atoms with van der Waals surface area (Å²) in [5, 5.41) is 14.8. The van der Waals surface area contributed by atoms with E-state index in [2.05, 4.69) is 15.6 Å². The first-order valence-electron chi connectivity index (χ1n) is 8.37. The fraction of sp³-hybridized carbons (Fsp3) is 0.150. The van der Waals surface area contributed by atoms with Crippen LogP contribution in [-0.2, 0) is 11.0 Å². The number of aliphatic imine (C=N–C) groups is 1. The number of amides is 1. The number of rotatable bonds is 4. The van der Waals surface area contributed by atoms with Crippen LogP contribution in [0, 0.1) is 6.92 Å². The van der Waals surface area contributed by atoms with Crippen LogP contribution >= 0.6 is 12.2 Å². The summed E-state index contributed by atoms with van der Waals surface area (Å²) >= 11 is 4.99. The number of anilines is 2. The number of aliphatic hydroxyl groups excluding tert-OH is 1. The van der Waals surface area contributed by atoms with E-state index < -0.39 is 17.6 Å². The van der Waals surface area contributed by atoms with Crippen molar-refractivity contribution >= 4 is 40.8 Å². The van der Waals surface area contributed by atoms with E-state index in [0.29, 0.717) is 5.69 Å². The molecule has 0 spiro atoms. The molecular weight excluding hydrogens is 403 g/mol. The lowest BCUT2D eigenvalue weighted by atomic mass is 10.1. The van der Waals surface area contributed by atoms with Crippen LogP contribution < -0.4 is 10.6 Å². The molecule has 5 nitrogen and oxygen atoms in total. The molecule has 0 aliphatic carbocycles. The standard InChI is InChI=1S/C20H18F3N3O2S/c1-12-6-3-4-9-17(12)26-18(28)16(13(2)27)11-24-19(29)25-15-8-5-7-14(10-15)20(21,22)23/h3-11,27H,1-2H3,(H,25,29)(H,26,28). The number of allylic oxidation sites excluding steroid dienone is 1. The Morgan fingerprint density at radius 3 is 2.45 bits per heavy atom. The van der Waals surface area contributed by atoms with E-state index in [9.17, 15) is 23.1 Å². The van der Waals surface area contributed by atoms with Gasteiger partial charge in [0, 0.05) is 17.6 Å². The molecule has 29 heavy (non-hydrogen) atoms. The summed E-state index contributed by atoms with van der Waals surface area (Å²) in [4.78, 5) is 16.3. The van der Waals surface area contributed by atoms with Gasteiger partial charge in [0.25, 0.3) is 5.91 Å². The number of hydrogen-bond acceptors (Lipinski definition) is 3. The highest BCUT2D eigenvalue weighted by Crippen LogP contribution is 2.30. The fourth-order valence-electron chi connectivity index (χ4n) is 2.27. The average molecular weight is 421 g/mol. The predicted octanol–water partition coefficient (Wildman–Crippen LogP) is 5.25. The number of benzene rings is 2. The lowest BCUT2D eigenvalue weighted by molar-refractivity contribution is -0.137. The van der Waals surface area contributed by atoms with Crippen LogP contribution in [0.25, 0.3) is 0 Å². The molecule has 0 aliphatic heterocycles. The first-order chi connectivity index (χ1) is 13.6. The summed E-state index contributed by atoms with van der Waals surface area (Å²) in [6.07, 6.45) is -3.44. The molecule has 0 saturated carbocycles. The second kappa shape index (κ2) is 9.33. The highest BCUT2D eigenvalue weighted by molar-refractivity contribution is 7.80. The Labute approximate surface area is 171 Å². The van der Waals surface area contributed by atoms with Crippen molar-refractivity contribution in [1.82, 2.24) is 0 Å². The first-order valence-corrected chi connectivity index (χ1v) is 8.78. The highest BCUT2D eigenvalue weighted by atomic mass is 32.1. The minimum absolute atomic E-state index is 0.0950. The third-order valence-electron chi connectivity index (χ3n) is 3.78. The molecular formula is C20H18F3N3O2S. The monoisotopic (exact) mass is 421 g/mol. The van der Waals surface area contributed by atoms with Gasteiger partial charge in [-0.25, -0.2) is 4.99 Å². The number of carbonyl (C=O) groups excluding carboxylic acids is 1. The van der Waals surface area contributed by atoms with Crippen molar-refractivity contribution < 1.29 is 23.1 Å². The van der Waals surface area contributed by atoms with E-state index >= 15 is 0 Å². The minimum atomic E-state index is -4.49. The van der Waals surface area contributed by atoms with E-state index in [1.54, 1.807) is 12.1 Å². The summed E-state index contributed by atoms with van der Waals surface area (Å²) in [7, 11) is 0. The first kappa shape index (κ1) is 22.1. The maximum absolute atomic E-state index is 12.8. The second-order valence-corrected chi connectivity index (χ2v) is 6.42. The van der Waals surface area contributed by atoms with Crippen LogP contribution in [0.15, 0.2) is 64.9 Å². The van der Waals surface area contributed by atoms with Gasteiger partial charge in [-0.2, -0.15) is 13.2 Å². The lowest BCUT2D eigenvalue weighted by Gasteiger charge is -2.10. The largest absolute Gasteiger partial charge is 0.512 e. The van der Waals surface area contributed by atoms with Gasteiger partial charge in [-0.05, 0) is 55.9 Å². The van der Waals surface area contributed by atoms with Crippen molar-refractivity contribution in [1.29, 1.82) is 0 Å². The molecule has 0 heterocycles. The number of hydrogen-bond donors (Lipinski definition) is 3. The maximum Gasteiger partial charge on any atom is 0.416 e. The molecule has 0 aliphatic rings. The number of para-hydroxylation sites is 1. The Kier molecular flexibility index (Phi) is 7.11. The van der Waals surface area contributed by atoms with Gasteiger partial charge in [-0.15, -0.1) is 0 Å². The van der Waals surface area contributed by atoms with E-state index in [-0.39, 0.29) is 22.1 Å². The van der Waals surface area contributed by atoms with Crippen LogP contribution in [0.5, 0.6) is 0 Å². The number of alkyl halides is 3. The minimum Gasteiger partial charge on any atom is -0.512 e. The number of aliphatic hydroxyl groups is 1. The summed E-state index contributed by atoms with van der Waals surface area (Å²) in [6.45, 7) is 3.12. The third-order valence-corrected chi connectivity index (χ3v) is 3.99. The Hall–Kier alpha value is -3.20. The molecule has 9 heteroatoms. The van der Waals surface area contributed by atoms with Gasteiger partial charge in [0.05, 0.1) is 11.1 Å². The molecule has 1 amide bonds. The number of nitrogens with zero attached hydrogens (tertiary/aromatic N) is 1. The zero-order chi connectivity index (χ0) is 21.6. The third kappa shape index (κ3) is 6.42. The van der Waals surface area contributed by atoms with E-state index in [0.717, 1.165) is 23.9 Å². The number of aryl methyl sites for hydroxylation is 1. The quantitative estimate of drug-likeness (QED) is 0.273. The fourth-order valence-corrected chi connectivity index (χ4v) is 2.44. The molecule has 0 atom stereocenters. The summed E-state index contributed by atoms with van der Waals surface area (Å²) in [6, 6.07) is 11.5. The highest BCUT2D eigenvalue weighted by Gasteiger charge is 2.30. The predicted molar refractivity (Wildman–Crippen MR) is 111 cm³/mol. The number of carbonyl (C=O) groups is 1. The Morgan fingerprint density at radius 2 is 1.83 bits per heavy atom. The maximum atomic E-state index is 12.8. The molecule has 0 fully saturated rings. The zero-order valence-corrected chi connectivity index (χ0v) is 16.4. The van der Waals surface area contributed by atoms with E-state index in [4.69, 9.17) is 12.2 Å².